The fourth-order valence-electron chi connectivity index (χ4n) is 3.57. The van der Waals surface area contributed by atoms with Crippen LogP contribution in [-0.2, 0) is 0 Å². The average Bonchev–Trinajstić information content (AvgIpc) is 2.38. The summed E-state index contributed by atoms with van der Waals surface area (Å²) >= 11 is 1.92. The Balaban J connectivity index is 2.02. The molecular formula is C14H26F3N3S. The van der Waals surface area contributed by atoms with Crippen molar-refractivity contribution in [1.29, 1.82) is 0 Å². The summed E-state index contributed by atoms with van der Waals surface area (Å²) in [7, 11) is 0. The first kappa shape index (κ1) is 17.4. The van der Waals surface area contributed by atoms with Gasteiger partial charge in [0.1, 0.15) is 0 Å². The first-order valence-corrected chi connectivity index (χ1v) is 8.68. The highest BCUT2D eigenvalue weighted by atomic mass is 32.2. The summed E-state index contributed by atoms with van der Waals surface area (Å²) in [5.74, 6) is 2.12. The van der Waals surface area contributed by atoms with Gasteiger partial charge in [-0.15, -0.1) is 0 Å². The molecule has 2 aliphatic rings. The molecule has 2 heterocycles. The highest BCUT2D eigenvalue weighted by molar-refractivity contribution is 7.99. The van der Waals surface area contributed by atoms with Crippen LogP contribution in [0.4, 0.5) is 13.2 Å². The van der Waals surface area contributed by atoms with Crippen LogP contribution in [0.1, 0.15) is 20.3 Å². The summed E-state index contributed by atoms with van der Waals surface area (Å²) in [6.07, 6.45) is -2.99. The van der Waals surface area contributed by atoms with Gasteiger partial charge in [-0.3, -0.25) is 9.80 Å². The van der Waals surface area contributed by atoms with Crippen molar-refractivity contribution in [3.05, 3.63) is 0 Å². The number of nitrogens with zero attached hydrogens (tertiary/aromatic N) is 2. The number of nitrogens with two attached hydrogens (primary N) is 1. The lowest BCUT2D eigenvalue weighted by molar-refractivity contribution is -0.152. The lowest BCUT2D eigenvalue weighted by Crippen LogP contribution is -2.69. The van der Waals surface area contributed by atoms with E-state index in [0.717, 1.165) is 17.9 Å². The quantitative estimate of drug-likeness (QED) is 0.861. The molecule has 2 saturated heterocycles. The van der Waals surface area contributed by atoms with Crippen molar-refractivity contribution in [2.45, 2.75) is 32.0 Å². The van der Waals surface area contributed by atoms with Gasteiger partial charge in [-0.05, 0) is 17.6 Å². The molecule has 0 aromatic heterocycles. The van der Waals surface area contributed by atoms with E-state index < -0.39 is 12.7 Å². The smallest absolute Gasteiger partial charge is 0.329 e. The minimum absolute atomic E-state index is 0.0831. The van der Waals surface area contributed by atoms with E-state index in [1.165, 1.54) is 4.90 Å². The second kappa shape index (κ2) is 6.26. The molecule has 0 aromatic carbocycles. The van der Waals surface area contributed by atoms with Crippen LogP contribution in [0.3, 0.4) is 0 Å². The predicted octanol–water partition coefficient (Wildman–Crippen LogP) is 2.03. The van der Waals surface area contributed by atoms with Crippen LogP contribution in [-0.4, -0.2) is 72.3 Å². The monoisotopic (exact) mass is 325 g/mol. The molecule has 2 fully saturated rings. The van der Waals surface area contributed by atoms with Gasteiger partial charge in [-0.25, -0.2) is 0 Å². The van der Waals surface area contributed by atoms with Crippen LogP contribution < -0.4 is 5.73 Å². The van der Waals surface area contributed by atoms with Crippen molar-refractivity contribution < 1.29 is 13.2 Å². The van der Waals surface area contributed by atoms with Gasteiger partial charge in [0.15, 0.2) is 0 Å². The Morgan fingerprint density at radius 2 is 1.76 bits per heavy atom. The number of alkyl halides is 3. The summed E-state index contributed by atoms with van der Waals surface area (Å²) in [6.45, 7) is 6.59. The SMILES string of the molecule is CC1(C)CCSCC1(CN)N1CCN(CC(F)(F)F)CC1. The van der Waals surface area contributed by atoms with E-state index in [0.29, 0.717) is 32.7 Å². The third kappa shape index (κ3) is 3.68. The predicted molar refractivity (Wildman–Crippen MR) is 81.6 cm³/mol. The zero-order valence-electron chi connectivity index (χ0n) is 12.9. The maximum absolute atomic E-state index is 12.5. The van der Waals surface area contributed by atoms with E-state index in [-0.39, 0.29) is 11.0 Å². The molecule has 0 saturated carbocycles. The third-order valence-electron chi connectivity index (χ3n) is 5.19. The second-order valence-electron chi connectivity index (χ2n) is 6.80. The van der Waals surface area contributed by atoms with E-state index in [1.807, 2.05) is 11.8 Å². The van der Waals surface area contributed by atoms with Crippen molar-refractivity contribution in [2.24, 2.45) is 11.1 Å². The molecule has 7 heteroatoms. The lowest BCUT2D eigenvalue weighted by atomic mass is 9.69. The third-order valence-corrected chi connectivity index (χ3v) is 6.36. The highest BCUT2D eigenvalue weighted by Crippen LogP contribution is 2.45. The molecule has 3 nitrogen and oxygen atoms in total. The van der Waals surface area contributed by atoms with Crippen molar-refractivity contribution >= 4 is 11.8 Å². The van der Waals surface area contributed by atoms with E-state index in [1.54, 1.807) is 0 Å². The molecule has 2 aliphatic heterocycles. The Kier molecular flexibility index (Phi) is 5.18. The number of hydrogen-bond donors (Lipinski definition) is 1. The topological polar surface area (TPSA) is 32.5 Å². The van der Waals surface area contributed by atoms with Gasteiger partial charge in [0, 0.05) is 44.0 Å². The second-order valence-corrected chi connectivity index (χ2v) is 7.91. The molecule has 1 unspecified atom stereocenters. The molecule has 21 heavy (non-hydrogen) atoms. The van der Waals surface area contributed by atoms with Gasteiger partial charge in [-0.1, -0.05) is 13.8 Å². The van der Waals surface area contributed by atoms with Gasteiger partial charge in [0.05, 0.1) is 6.54 Å². The molecule has 1 atom stereocenters. The molecule has 2 N–H and O–H groups in total. The van der Waals surface area contributed by atoms with Crippen molar-refractivity contribution in [3.63, 3.8) is 0 Å². The van der Waals surface area contributed by atoms with Crippen LogP contribution in [0, 0.1) is 5.41 Å². The summed E-state index contributed by atoms with van der Waals surface area (Å²) in [5.41, 5.74) is 6.16. The maximum Gasteiger partial charge on any atom is 0.401 e. The Hall–Kier alpha value is 0.0200. The summed E-state index contributed by atoms with van der Waals surface area (Å²) in [6, 6.07) is 0. The van der Waals surface area contributed by atoms with E-state index >= 15 is 0 Å². The summed E-state index contributed by atoms with van der Waals surface area (Å²) < 4.78 is 37.4. The van der Waals surface area contributed by atoms with Gasteiger partial charge >= 0.3 is 6.18 Å². The molecule has 0 aliphatic carbocycles. The molecular weight excluding hydrogens is 299 g/mol. The van der Waals surface area contributed by atoms with Crippen molar-refractivity contribution in [1.82, 2.24) is 9.80 Å². The largest absolute Gasteiger partial charge is 0.401 e. The minimum atomic E-state index is -4.10. The lowest BCUT2D eigenvalue weighted by Gasteiger charge is -2.57. The normalized spacial score (nSPS) is 32.3. The number of thioether (sulfide) groups is 1. The fourth-order valence-corrected chi connectivity index (χ4v) is 5.40. The van der Waals surface area contributed by atoms with Gasteiger partial charge in [0.25, 0.3) is 0 Å². The number of hydrogen-bond acceptors (Lipinski definition) is 4. The van der Waals surface area contributed by atoms with Crippen LogP contribution in [0.15, 0.2) is 0 Å². The Morgan fingerprint density at radius 3 is 2.24 bits per heavy atom. The zero-order chi connectivity index (χ0) is 15.7. The summed E-state index contributed by atoms with van der Waals surface area (Å²) in [5, 5.41) is 0. The first-order chi connectivity index (χ1) is 9.70. The Morgan fingerprint density at radius 1 is 1.14 bits per heavy atom. The van der Waals surface area contributed by atoms with Crippen molar-refractivity contribution in [2.75, 3.05) is 50.8 Å². The van der Waals surface area contributed by atoms with Crippen LogP contribution in [0.25, 0.3) is 0 Å². The maximum atomic E-state index is 12.5. The van der Waals surface area contributed by atoms with Gasteiger partial charge in [-0.2, -0.15) is 24.9 Å². The molecule has 0 aromatic rings. The van der Waals surface area contributed by atoms with Crippen LogP contribution >= 0.6 is 11.8 Å². The summed E-state index contributed by atoms with van der Waals surface area (Å²) in [4.78, 5) is 3.86. The minimum Gasteiger partial charge on any atom is -0.329 e. The molecule has 0 amide bonds. The molecule has 2 rings (SSSR count). The Bertz CT molecular complexity index is 354. The van der Waals surface area contributed by atoms with Gasteiger partial charge in [0.2, 0.25) is 0 Å². The number of halogens is 3. The number of piperazine rings is 1. The molecule has 0 bridgehead atoms. The van der Waals surface area contributed by atoms with E-state index in [9.17, 15) is 13.2 Å². The first-order valence-electron chi connectivity index (χ1n) is 7.52. The van der Waals surface area contributed by atoms with Crippen LogP contribution in [0.2, 0.25) is 0 Å². The fraction of sp³-hybridized carbons (Fsp3) is 1.00. The number of rotatable bonds is 3. The van der Waals surface area contributed by atoms with Gasteiger partial charge < -0.3 is 5.73 Å². The molecule has 0 spiro atoms. The van der Waals surface area contributed by atoms with E-state index in [4.69, 9.17) is 5.73 Å². The molecule has 124 valence electrons. The van der Waals surface area contributed by atoms with E-state index in [2.05, 4.69) is 18.7 Å². The highest BCUT2D eigenvalue weighted by Gasteiger charge is 2.50. The average molecular weight is 325 g/mol. The van der Waals surface area contributed by atoms with Crippen molar-refractivity contribution in [3.8, 4) is 0 Å². The molecule has 0 radical (unpaired) electrons. The van der Waals surface area contributed by atoms with Crippen LogP contribution in [0.5, 0.6) is 0 Å². The zero-order valence-corrected chi connectivity index (χ0v) is 13.7. The standard InChI is InChI=1S/C14H26F3N3S/c1-12(2)3-8-21-11-13(12,9-18)20-6-4-19(5-7-20)10-14(15,16)17/h3-11,18H2,1-2H3. The Labute approximate surface area is 129 Å².